The number of fused-ring (bicyclic) bond motifs is 1. The van der Waals surface area contributed by atoms with Crippen molar-refractivity contribution in [1.82, 2.24) is 9.88 Å². The van der Waals surface area contributed by atoms with Gasteiger partial charge in [0.05, 0.1) is 17.6 Å². The normalized spacial score (nSPS) is 22.5. The predicted molar refractivity (Wildman–Crippen MR) is 92.9 cm³/mol. The van der Waals surface area contributed by atoms with Crippen molar-refractivity contribution in [2.45, 2.75) is 12.8 Å². The topological polar surface area (TPSA) is 49.6 Å². The lowest BCUT2D eigenvalue weighted by molar-refractivity contribution is -0.135. The van der Waals surface area contributed by atoms with E-state index in [4.69, 9.17) is 4.42 Å². The maximum Gasteiger partial charge on any atom is 0.227 e. The molecule has 5 nitrogen and oxygen atoms in total. The van der Waals surface area contributed by atoms with Crippen molar-refractivity contribution in [3.63, 3.8) is 0 Å². The largest absolute Gasteiger partial charge is 0.464 e. The number of rotatable bonds is 2. The fraction of sp³-hybridized carbons (Fsp3) is 0.529. The van der Waals surface area contributed by atoms with Crippen molar-refractivity contribution in [2.75, 3.05) is 42.6 Å². The van der Waals surface area contributed by atoms with E-state index in [2.05, 4.69) is 14.8 Å². The Labute approximate surface area is 140 Å². The Balaban J connectivity index is 1.52. The molecule has 4 rings (SSSR count). The highest BCUT2D eigenvalue weighted by Crippen LogP contribution is 2.29. The van der Waals surface area contributed by atoms with Crippen molar-refractivity contribution in [2.24, 2.45) is 5.92 Å². The van der Waals surface area contributed by atoms with E-state index in [1.54, 1.807) is 12.5 Å². The first-order valence-electron chi connectivity index (χ1n) is 8.26. The Bertz CT molecular complexity index is 696. The molecule has 2 aromatic heterocycles. The van der Waals surface area contributed by atoms with Gasteiger partial charge in [-0.1, -0.05) is 0 Å². The van der Waals surface area contributed by atoms with Crippen molar-refractivity contribution in [3.8, 4) is 0 Å². The molecule has 0 aliphatic carbocycles. The van der Waals surface area contributed by atoms with Crippen LogP contribution < -0.4 is 4.90 Å². The van der Waals surface area contributed by atoms with E-state index in [0.717, 1.165) is 67.3 Å². The number of hydrogen-bond donors (Lipinski definition) is 0. The van der Waals surface area contributed by atoms with E-state index in [1.165, 1.54) is 0 Å². The van der Waals surface area contributed by atoms with E-state index in [1.807, 2.05) is 23.9 Å². The third-order valence-corrected chi connectivity index (χ3v) is 5.69. The van der Waals surface area contributed by atoms with E-state index < -0.39 is 0 Å². The molecular weight excluding hydrogens is 310 g/mol. The lowest BCUT2D eigenvalue weighted by Gasteiger charge is -2.36. The number of carbonyl (C=O) groups excluding carboxylic acids is 1. The Hall–Kier alpha value is -1.69. The number of hydrogen-bond acceptors (Lipinski definition) is 5. The number of anilines is 1. The van der Waals surface area contributed by atoms with Crippen LogP contribution in [0.3, 0.4) is 0 Å². The van der Waals surface area contributed by atoms with Gasteiger partial charge in [0.25, 0.3) is 0 Å². The Morgan fingerprint density at radius 1 is 1.26 bits per heavy atom. The molecule has 23 heavy (non-hydrogen) atoms. The molecule has 0 N–H and O–H groups in total. The summed E-state index contributed by atoms with van der Waals surface area (Å²) in [7, 11) is 0. The van der Waals surface area contributed by atoms with E-state index in [0.29, 0.717) is 5.91 Å². The minimum atomic E-state index is 0.0933. The van der Waals surface area contributed by atoms with Crippen LogP contribution in [0.1, 0.15) is 12.8 Å². The van der Waals surface area contributed by atoms with Crippen molar-refractivity contribution in [1.29, 1.82) is 0 Å². The summed E-state index contributed by atoms with van der Waals surface area (Å²) in [5.41, 5.74) is 0.858. The van der Waals surface area contributed by atoms with Gasteiger partial charge in [0.2, 0.25) is 5.91 Å². The molecule has 6 heteroatoms. The molecule has 1 unspecified atom stereocenters. The van der Waals surface area contributed by atoms with Crippen LogP contribution in [0, 0.1) is 5.92 Å². The zero-order valence-electron chi connectivity index (χ0n) is 13.1. The van der Waals surface area contributed by atoms with E-state index in [9.17, 15) is 4.79 Å². The standard InChI is InChI=1S/C17H21N3O2S/c21-17(19-7-10-23-11-8-19)13-2-1-6-20(12-13)16-14-4-9-22-15(14)3-5-18-16/h3-5,9,13H,1-2,6-8,10-12H2. The molecule has 0 radical (unpaired) electrons. The van der Waals surface area contributed by atoms with Crippen LogP contribution in [0.4, 0.5) is 5.82 Å². The summed E-state index contributed by atoms with van der Waals surface area (Å²) in [6.45, 7) is 3.52. The fourth-order valence-corrected chi connectivity index (χ4v) is 4.45. The first-order chi connectivity index (χ1) is 11.3. The number of aromatic nitrogens is 1. The molecule has 0 saturated carbocycles. The van der Waals surface area contributed by atoms with E-state index >= 15 is 0 Å². The van der Waals surface area contributed by atoms with Gasteiger partial charge >= 0.3 is 0 Å². The van der Waals surface area contributed by atoms with Gasteiger partial charge in [0.1, 0.15) is 11.4 Å². The molecule has 2 aliphatic heterocycles. The number of piperidine rings is 1. The molecule has 0 spiro atoms. The van der Waals surface area contributed by atoms with Crippen LogP contribution in [-0.4, -0.2) is 53.5 Å². The average Bonchev–Trinajstić information content (AvgIpc) is 3.10. The number of carbonyl (C=O) groups is 1. The molecule has 1 amide bonds. The van der Waals surface area contributed by atoms with Gasteiger partial charge in [-0.05, 0) is 25.0 Å². The molecule has 122 valence electrons. The van der Waals surface area contributed by atoms with Gasteiger partial charge in [0, 0.05) is 43.9 Å². The summed E-state index contributed by atoms with van der Waals surface area (Å²) in [5.74, 6) is 3.50. The second-order valence-corrected chi connectivity index (χ2v) is 7.41. The minimum Gasteiger partial charge on any atom is -0.464 e. The quantitative estimate of drug-likeness (QED) is 0.847. The smallest absolute Gasteiger partial charge is 0.227 e. The van der Waals surface area contributed by atoms with Crippen LogP contribution in [-0.2, 0) is 4.79 Å². The molecule has 1 atom stereocenters. The second kappa shape index (κ2) is 6.43. The first-order valence-corrected chi connectivity index (χ1v) is 9.42. The third-order valence-electron chi connectivity index (χ3n) is 4.75. The van der Waals surface area contributed by atoms with Gasteiger partial charge in [-0.2, -0.15) is 11.8 Å². The van der Waals surface area contributed by atoms with Crippen LogP contribution in [0.25, 0.3) is 11.0 Å². The SMILES string of the molecule is O=C(C1CCCN(c2nccc3occc23)C1)N1CCSCC1. The maximum atomic E-state index is 12.8. The average molecular weight is 331 g/mol. The van der Waals surface area contributed by atoms with Crippen LogP contribution in [0.15, 0.2) is 29.0 Å². The molecule has 2 aliphatic rings. The fourth-order valence-electron chi connectivity index (χ4n) is 3.54. The molecule has 2 saturated heterocycles. The highest BCUT2D eigenvalue weighted by Gasteiger charge is 2.31. The lowest BCUT2D eigenvalue weighted by Crippen LogP contribution is -2.47. The Morgan fingerprint density at radius 3 is 3.00 bits per heavy atom. The Kier molecular flexibility index (Phi) is 4.16. The summed E-state index contributed by atoms with van der Waals surface area (Å²) in [5, 5.41) is 1.04. The predicted octanol–water partition coefficient (Wildman–Crippen LogP) is 2.62. The van der Waals surface area contributed by atoms with Crippen LogP contribution in [0.2, 0.25) is 0 Å². The van der Waals surface area contributed by atoms with Crippen LogP contribution >= 0.6 is 11.8 Å². The van der Waals surface area contributed by atoms with Crippen LogP contribution in [0.5, 0.6) is 0 Å². The molecule has 0 bridgehead atoms. The number of thioether (sulfide) groups is 1. The number of furan rings is 1. The molecule has 2 fully saturated rings. The van der Waals surface area contributed by atoms with Crippen molar-refractivity contribution in [3.05, 3.63) is 24.6 Å². The summed E-state index contributed by atoms with van der Waals surface area (Å²) >= 11 is 1.94. The molecule has 4 heterocycles. The monoisotopic (exact) mass is 331 g/mol. The summed E-state index contributed by atoms with van der Waals surface area (Å²) in [6, 6.07) is 3.85. The summed E-state index contributed by atoms with van der Waals surface area (Å²) < 4.78 is 5.47. The number of amides is 1. The van der Waals surface area contributed by atoms with Gasteiger partial charge in [-0.15, -0.1) is 0 Å². The minimum absolute atomic E-state index is 0.0933. The van der Waals surface area contributed by atoms with Gasteiger partial charge in [-0.25, -0.2) is 4.98 Å². The molecule has 2 aromatic rings. The van der Waals surface area contributed by atoms with Gasteiger partial charge < -0.3 is 14.2 Å². The first kappa shape index (κ1) is 14.9. The third kappa shape index (κ3) is 2.92. The van der Waals surface area contributed by atoms with Crippen molar-refractivity contribution >= 4 is 34.5 Å². The summed E-state index contributed by atoms with van der Waals surface area (Å²) in [4.78, 5) is 21.6. The highest BCUT2D eigenvalue weighted by atomic mass is 32.2. The highest BCUT2D eigenvalue weighted by molar-refractivity contribution is 7.99. The molecule has 0 aromatic carbocycles. The van der Waals surface area contributed by atoms with Gasteiger partial charge in [0.15, 0.2) is 0 Å². The van der Waals surface area contributed by atoms with E-state index in [-0.39, 0.29) is 5.92 Å². The maximum absolute atomic E-state index is 12.8. The summed E-state index contributed by atoms with van der Waals surface area (Å²) in [6.07, 6.45) is 5.51. The molecular formula is C17H21N3O2S. The van der Waals surface area contributed by atoms with Crippen molar-refractivity contribution < 1.29 is 9.21 Å². The number of nitrogens with zero attached hydrogens (tertiary/aromatic N) is 3. The zero-order valence-corrected chi connectivity index (χ0v) is 13.9. The zero-order chi connectivity index (χ0) is 15.6. The lowest BCUT2D eigenvalue weighted by atomic mass is 9.96. The number of pyridine rings is 1. The van der Waals surface area contributed by atoms with Gasteiger partial charge in [-0.3, -0.25) is 4.79 Å². The Morgan fingerprint density at radius 2 is 2.13 bits per heavy atom. The second-order valence-electron chi connectivity index (χ2n) is 6.19.